The summed E-state index contributed by atoms with van der Waals surface area (Å²) >= 11 is 11.9. The average molecular weight is 278 g/mol. The Labute approximate surface area is 112 Å². The molecule has 5 heteroatoms. The fourth-order valence-corrected chi connectivity index (χ4v) is 1.90. The van der Waals surface area contributed by atoms with Crippen LogP contribution in [0.5, 0.6) is 0 Å². The quantitative estimate of drug-likeness (QED) is 0.832. The highest BCUT2D eigenvalue weighted by Crippen LogP contribution is 2.20. The van der Waals surface area contributed by atoms with E-state index in [9.17, 15) is 0 Å². The van der Waals surface area contributed by atoms with E-state index >= 15 is 0 Å². The minimum absolute atomic E-state index is 0.0473. The molecule has 0 heterocycles. The van der Waals surface area contributed by atoms with Gasteiger partial charge in [-0.25, -0.2) is 0 Å². The zero-order valence-corrected chi connectivity index (χ0v) is 11.5. The van der Waals surface area contributed by atoms with E-state index in [1.54, 1.807) is 20.3 Å². The van der Waals surface area contributed by atoms with Gasteiger partial charge >= 0.3 is 0 Å². The Kier molecular flexibility index (Phi) is 6.85. The molecule has 0 amide bonds. The first-order valence-corrected chi connectivity index (χ1v) is 6.09. The monoisotopic (exact) mass is 277 g/mol. The molecule has 96 valence electrons. The number of nitrogens with one attached hydrogen (secondary N) is 1. The first-order chi connectivity index (χ1) is 8.17. The van der Waals surface area contributed by atoms with Gasteiger partial charge in [-0.05, 0) is 17.7 Å². The maximum Gasteiger partial charge on any atom is 0.0928 e. The van der Waals surface area contributed by atoms with Gasteiger partial charge in [0.05, 0.1) is 12.7 Å². The highest BCUT2D eigenvalue weighted by Gasteiger charge is 2.07. The second-order valence-electron chi connectivity index (χ2n) is 3.68. The van der Waals surface area contributed by atoms with Gasteiger partial charge in [-0.3, -0.25) is 0 Å². The van der Waals surface area contributed by atoms with Crippen LogP contribution in [0.1, 0.15) is 5.56 Å². The first-order valence-electron chi connectivity index (χ1n) is 5.33. The molecular weight excluding hydrogens is 261 g/mol. The van der Waals surface area contributed by atoms with Crippen molar-refractivity contribution in [3.05, 3.63) is 33.8 Å². The summed E-state index contributed by atoms with van der Waals surface area (Å²) in [5, 5.41) is 4.58. The maximum atomic E-state index is 6.06. The van der Waals surface area contributed by atoms with E-state index in [0.717, 1.165) is 5.56 Å². The molecule has 0 aliphatic heterocycles. The smallest absolute Gasteiger partial charge is 0.0928 e. The summed E-state index contributed by atoms with van der Waals surface area (Å²) in [4.78, 5) is 0. The summed E-state index contributed by atoms with van der Waals surface area (Å²) in [7, 11) is 3.32. The van der Waals surface area contributed by atoms with Crippen LogP contribution in [0.4, 0.5) is 0 Å². The molecule has 0 spiro atoms. The van der Waals surface area contributed by atoms with Crippen LogP contribution in [-0.2, 0) is 16.0 Å². The third-order valence-corrected chi connectivity index (χ3v) is 2.98. The lowest BCUT2D eigenvalue weighted by atomic mass is 10.2. The average Bonchev–Trinajstić information content (AvgIpc) is 2.30. The molecule has 0 aliphatic carbocycles. The van der Waals surface area contributed by atoms with Crippen LogP contribution in [-0.4, -0.2) is 33.5 Å². The van der Waals surface area contributed by atoms with Crippen LogP contribution in [0.3, 0.4) is 0 Å². The van der Waals surface area contributed by atoms with Gasteiger partial charge in [-0.15, -0.1) is 0 Å². The fourth-order valence-electron chi connectivity index (χ4n) is 1.43. The SMILES string of the molecule is COCC(CNCc1ccc(Cl)cc1Cl)OC. The van der Waals surface area contributed by atoms with E-state index < -0.39 is 0 Å². The first kappa shape index (κ1) is 14.7. The van der Waals surface area contributed by atoms with Crippen molar-refractivity contribution in [2.45, 2.75) is 12.6 Å². The molecule has 17 heavy (non-hydrogen) atoms. The third kappa shape index (κ3) is 5.23. The van der Waals surface area contributed by atoms with Gasteiger partial charge in [0.15, 0.2) is 0 Å². The highest BCUT2D eigenvalue weighted by molar-refractivity contribution is 6.35. The summed E-state index contributed by atoms with van der Waals surface area (Å²) in [5.41, 5.74) is 1.02. The van der Waals surface area contributed by atoms with Gasteiger partial charge in [0, 0.05) is 37.4 Å². The van der Waals surface area contributed by atoms with Crippen molar-refractivity contribution in [3.8, 4) is 0 Å². The van der Waals surface area contributed by atoms with Crippen LogP contribution >= 0.6 is 23.2 Å². The number of methoxy groups -OCH3 is 2. The van der Waals surface area contributed by atoms with Crippen molar-refractivity contribution in [1.29, 1.82) is 0 Å². The van der Waals surface area contributed by atoms with Gasteiger partial charge in [0.25, 0.3) is 0 Å². The molecule has 1 rings (SSSR count). The molecule has 1 aromatic carbocycles. The molecule has 1 atom stereocenters. The number of ether oxygens (including phenoxy) is 2. The van der Waals surface area contributed by atoms with Gasteiger partial charge in [0.2, 0.25) is 0 Å². The standard InChI is InChI=1S/C12H17Cl2NO2/c1-16-8-11(17-2)7-15-6-9-3-4-10(13)5-12(9)14/h3-5,11,15H,6-8H2,1-2H3. The van der Waals surface area contributed by atoms with E-state index in [4.69, 9.17) is 32.7 Å². The van der Waals surface area contributed by atoms with Gasteiger partial charge in [-0.1, -0.05) is 29.3 Å². The fraction of sp³-hybridized carbons (Fsp3) is 0.500. The predicted molar refractivity (Wildman–Crippen MR) is 70.8 cm³/mol. The van der Waals surface area contributed by atoms with Crippen molar-refractivity contribution in [3.63, 3.8) is 0 Å². The van der Waals surface area contributed by atoms with Gasteiger partial charge in [0.1, 0.15) is 0 Å². The third-order valence-electron chi connectivity index (χ3n) is 2.39. The molecule has 0 fully saturated rings. The van der Waals surface area contributed by atoms with Gasteiger partial charge < -0.3 is 14.8 Å². The molecule has 0 saturated carbocycles. The zero-order chi connectivity index (χ0) is 12.7. The Morgan fingerprint density at radius 1 is 1.29 bits per heavy atom. The number of hydrogen-bond acceptors (Lipinski definition) is 3. The van der Waals surface area contributed by atoms with E-state index in [2.05, 4.69) is 5.32 Å². The van der Waals surface area contributed by atoms with Crippen LogP contribution in [0, 0.1) is 0 Å². The van der Waals surface area contributed by atoms with Gasteiger partial charge in [-0.2, -0.15) is 0 Å². The van der Waals surface area contributed by atoms with Crippen LogP contribution in [0.2, 0.25) is 10.0 Å². The molecule has 0 saturated heterocycles. The number of hydrogen-bond donors (Lipinski definition) is 1. The molecule has 0 bridgehead atoms. The second kappa shape index (κ2) is 7.90. The van der Waals surface area contributed by atoms with Crippen molar-refractivity contribution in [2.75, 3.05) is 27.4 Å². The van der Waals surface area contributed by atoms with Crippen molar-refractivity contribution < 1.29 is 9.47 Å². The molecule has 0 aliphatic rings. The van der Waals surface area contributed by atoms with E-state index in [0.29, 0.717) is 29.7 Å². The molecule has 1 aromatic rings. The lowest BCUT2D eigenvalue weighted by molar-refractivity contribution is 0.0288. The predicted octanol–water partition coefficient (Wildman–Crippen LogP) is 2.74. The molecule has 1 unspecified atom stereocenters. The van der Waals surface area contributed by atoms with E-state index in [1.165, 1.54) is 0 Å². The lowest BCUT2D eigenvalue weighted by Crippen LogP contribution is -2.31. The van der Waals surface area contributed by atoms with E-state index in [-0.39, 0.29) is 6.10 Å². The molecule has 3 nitrogen and oxygen atoms in total. The van der Waals surface area contributed by atoms with Crippen molar-refractivity contribution in [1.82, 2.24) is 5.32 Å². The number of rotatable bonds is 7. The lowest BCUT2D eigenvalue weighted by Gasteiger charge is -2.15. The van der Waals surface area contributed by atoms with Crippen LogP contribution < -0.4 is 5.32 Å². The van der Waals surface area contributed by atoms with Crippen LogP contribution in [0.25, 0.3) is 0 Å². The molecule has 0 aromatic heterocycles. The topological polar surface area (TPSA) is 30.5 Å². The second-order valence-corrected chi connectivity index (χ2v) is 4.52. The Hall–Kier alpha value is -0.320. The summed E-state index contributed by atoms with van der Waals surface area (Å²) in [6, 6.07) is 5.48. The highest BCUT2D eigenvalue weighted by atomic mass is 35.5. The number of benzene rings is 1. The Bertz CT molecular complexity index is 347. The maximum absolute atomic E-state index is 6.06. The van der Waals surface area contributed by atoms with Crippen molar-refractivity contribution in [2.24, 2.45) is 0 Å². The summed E-state index contributed by atoms with van der Waals surface area (Å²) in [6.45, 7) is 1.96. The number of halogens is 2. The Morgan fingerprint density at radius 3 is 2.65 bits per heavy atom. The minimum atomic E-state index is 0.0473. The molecule has 1 N–H and O–H groups in total. The molecule has 0 radical (unpaired) electrons. The van der Waals surface area contributed by atoms with E-state index in [1.807, 2.05) is 12.1 Å². The zero-order valence-electron chi connectivity index (χ0n) is 10.0. The largest absolute Gasteiger partial charge is 0.382 e. The van der Waals surface area contributed by atoms with Crippen molar-refractivity contribution >= 4 is 23.2 Å². The minimum Gasteiger partial charge on any atom is -0.382 e. The summed E-state index contributed by atoms with van der Waals surface area (Å²) in [6.07, 6.45) is 0.0473. The normalized spacial score (nSPS) is 12.7. The Morgan fingerprint density at radius 2 is 2.06 bits per heavy atom. The summed E-state index contributed by atoms with van der Waals surface area (Å²) < 4.78 is 10.3. The summed E-state index contributed by atoms with van der Waals surface area (Å²) in [5.74, 6) is 0. The Balaban J connectivity index is 2.39. The molecular formula is C12H17Cl2NO2. The van der Waals surface area contributed by atoms with Crippen LogP contribution in [0.15, 0.2) is 18.2 Å².